The van der Waals surface area contributed by atoms with Crippen LogP contribution in [0.4, 0.5) is 0 Å². The van der Waals surface area contributed by atoms with E-state index >= 15 is 0 Å². The number of fused-ring (bicyclic) bond motifs is 1. The summed E-state index contributed by atoms with van der Waals surface area (Å²) in [6.45, 7) is 41.2. The second-order valence-electron chi connectivity index (χ2n) is 49.1. The fraction of sp³-hybridized carbons (Fsp3) is 0.849. The van der Waals surface area contributed by atoms with E-state index in [-0.39, 0.29) is 130 Å². The number of halogens is 1. The summed E-state index contributed by atoms with van der Waals surface area (Å²) >= 11 is -3.42. The maximum absolute atomic E-state index is 14.5. The first-order chi connectivity index (χ1) is 60.6. The average molecular weight is 1930 g/mol. The molecule has 22 rings (SSSR count). The van der Waals surface area contributed by atoms with Crippen molar-refractivity contribution in [1.29, 1.82) is 0 Å². The maximum Gasteiger partial charge on any atom is 0.344 e. The largest absolute Gasteiger partial charge is 0.459 e. The van der Waals surface area contributed by atoms with Crippen molar-refractivity contribution in [1.82, 2.24) is 0 Å². The summed E-state index contributed by atoms with van der Waals surface area (Å²) in [5, 5.41) is 31.4. The van der Waals surface area contributed by atoms with Gasteiger partial charge in [-0.05, 0) is 232 Å². The molecule has 3 N–H and O–H groups in total. The van der Waals surface area contributed by atoms with Gasteiger partial charge in [0, 0.05) is 25.2 Å². The van der Waals surface area contributed by atoms with Crippen molar-refractivity contribution in [2.45, 2.75) is 441 Å². The Morgan fingerprint density at radius 2 is 0.815 bits per heavy atom. The summed E-state index contributed by atoms with van der Waals surface area (Å²) in [4.78, 5) is 129. The van der Waals surface area contributed by atoms with E-state index < -0.39 is 99.2 Å². The van der Waals surface area contributed by atoms with Gasteiger partial charge in [0.05, 0.1) is 38.8 Å². The van der Waals surface area contributed by atoms with Gasteiger partial charge in [-0.3, -0.25) is 24.0 Å². The van der Waals surface area contributed by atoms with Gasteiger partial charge < -0.3 is 38.6 Å². The molecule has 21 fully saturated rings. The van der Waals surface area contributed by atoms with Crippen LogP contribution in [0.25, 0.3) is 0 Å². The standard InChI is InChI=1S/C40H55IO9.C19H32O2.C18H26O6.C16H26O4.C13H24O2/c1-7-35(3,4)31(43)47-39-19-25-13-26(20-39)16-37(15-25,23-39)33(45)49-41(29-9-11-30(42)12-10-29)50-34(46)38-17-27-14-28(18-38)22-40(21-27,24-38)48-32(44)36(5,6)8-2;1-6-18(4,5)17(20)21-19(12(2)3)15-8-13-7-14(10-15)11-16(19)9-13;1-4-18(2,3)17(21)22-9-14(19)24-15-11-5-10-6-12(8-11)16(20)23-13(15)7-10;1-4-13(2,3)12(17)20-16-7-11-5-14(18,9-16)8-15(19,6-11)10-16;1-5-12(3,4)11(14)15-13(6-2)9-7-8-10-13/h9-12,25-28,42H,7-8,13-24H2,1-6H3;12-16H,6-11H2,1-5H3;10-13,15H,4-9H2,1-3H3;11,18-19H,4-10H2,1-3H3;5-10H2,1-4H3. The van der Waals surface area contributed by atoms with Crippen molar-refractivity contribution in [3.8, 4) is 5.75 Å². The third-order valence-corrected chi connectivity index (χ3v) is 39.5. The Hall–Kier alpha value is -5.63. The number of carbonyl (C=O) groups is 10. The Bertz CT molecular complexity index is 4140. The van der Waals surface area contributed by atoms with Gasteiger partial charge in [0.25, 0.3) is 0 Å². The minimum absolute atomic E-state index is 0.0197. The zero-order valence-corrected chi connectivity index (χ0v) is 85.1. The first kappa shape index (κ1) is 102. The number of hydrogen-bond acceptors (Lipinski definition) is 23. The molecular weight excluding hydrogens is 1770 g/mol. The van der Waals surface area contributed by atoms with E-state index in [2.05, 4.69) is 27.7 Å². The number of rotatable bonds is 27. The van der Waals surface area contributed by atoms with Crippen LogP contribution >= 0.6 is 20.6 Å². The summed E-state index contributed by atoms with van der Waals surface area (Å²) in [7, 11) is 0. The second-order valence-corrected chi connectivity index (χ2v) is 52.5. The molecule has 24 heteroatoms. The Balaban J connectivity index is 0.000000151. The fourth-order valence-electron chi connectivity index (χ4n) is 27.5. The summed E-state index contributed by atoms with van der Waals surface area (Å²) in [5.74, 6) is 3.07. The summed E-state index contributed by atoms with van der Waals surface area (Å²) in [6, 6.07) is 6.44. The van der Waals surface area contributed by atoms with E-state index in [0.717, 1.165) is 134 Å². The molecule has 19 saturated carbocycles. The predicted molar refractivity (Wildman–Crippen MR) is 497 cm³/mol. The summed E-state index contributed by atoms with van der Waals surface area (Å²) in [6.07, 6.45) is 31.5. The number of esters is 8. The molecule has 11 unspecified atom stereocenters. The molecule has 21 aliphatic rings. The minimum Gasteiger partial charge on any atom is -0.459 e. The van der Waals surface area contributed by atoms with Crippen LogP contribution < -0.4 is 0 Å². The molecule has 0 amide bonds. The Morgan fingerprint density at radius 3 is 1.22 bits per heavy atom. The van der Waals surface area contributed by atoms with Crippen molar-refractivity contribution in [2.24, 2.45) is 120 Å². The molecule has 130 heavy (non-hydrogen) atoms. The zero-order valence-electron chi connectivity index (χ0n) is 82.9. The quantitative estimate of drug-likeness (QED) is 0.0418. The smallest absolute Gasteiger partial charge is 0.344 e. The SMILES string of the molecule is CCC(C)(C)C(=O)OC1(C(C)C)C2CC3CC(C2)CC1C3.CCC(C)(C)C(=O)OC12CC3CC(C1)CC(C(=O)OI(OC(=O)C14CC5CC(CC(OC(=O)C(C)(C)CC)(C5)C1)C4)c1ccc(O)cc1)(C3)C2.CCC(C)(C)C(=O)OC12CC3CC(O)(CC(O)(C3)C1)C2.CCC(C)(C)C(=O)OCC(=O)OC1C2CC3CC(C2)C(=O)OC1C3.CCC1(OC(=O)C(C)(C)CC)CCCC1. The van der Waals surface area contributed by atoms with Gasteiger partial charge in [0.15, 0.2) is 6.61 Å². The average Bonchev–Trinajstić information content (AvgIpc) is 0.865. The molecule has 732 valence electrons. The second kappa shape index (κ2) is 37.7. The normalized spacial score (nSPS) is 36.8. The number of phenols is 1. The van der Waals surface area contributed by atoms with Crippen molar-refractivity contribution in [2.75, 3.05) is 6.61 Å². The van der Waals surface area contributed by atoms with E-state index in [9.17, 15) is 63.3 Å². The molecule has 0 radical (unpaired) electrons. The van der Waals surface area contributed by atoms with Gasteiger partial charge in [-0.25, -0.2) is 4.79 Å². The van der Waals surface area contributed by atoms with Gasteiger partial charge in [-0.15, -0.1) is 0 Å². The van der Waals surface area contributed by atoms with Crippen molar-refractivity contribution >= 4 is 80.3 Å². The third-order valence-electron chi connectivity index (χ3n) is 36.2. The zero-order chi connectivity index (χ0) is 95.1. The third kappa shape index (κ3) is 21.2. The van der Waals surface area contributed by atoms with Gasteiger partial charge in [0.1, 0.15) is 29.0 Å². The molecule has 11 atom stereocenters. The molecule has 2 aliphatic heterocycles. The van der Waals surface area contributed by atoms with Crippen LogP contribution in [-0.2, 0) is 92.0 Å². The van der Waals surface area contributed by atoms with E-state index in [1.807, 2.05) is 104 Å². The van der Waals surface area contributed by atoms with Crippen LogP contribution in [0.5, 0.6) is 5.75 Å². The predicted octanol–water partition coefficient (Wildman–Crippen LogP) is 21.5. The van der Waals surface area contributed by atoms with E-state index in [0.29, 0.717) is 104 Å². The van der Waals surface area contributed by atoms with Crippen LogP contribution in [0.3, 0.4) is 0 Å². The van der Waals surface area contributed by atoms with Crippen LogP contribution in [-0.4, -0.2) is 133 Å². The minimum atomic E-state index is -3.42. The molecule has 19 aliphatic carbocycles. The number of phenolic OH excluding ortho intramolecular Hbond substituents is 1. The number of ether oxygens (including phenoxy) is 8. The van der Waals surface area contributed by atoms with E-state index in [1.165, 1.54) is 57.1 Å². The van der Waals surface area contributed by atoms with Gasteiger partial charge >= 0.3 is 342 Å². The van der Waals surface area contributed by atoms with Gasteiger partial charge in [-0.1, -0.05) is 48.5 Å². The Kier molecular flexibility index (Phi) is 29.5. The monoisotopic (exact) mass is 1930 g/mol. The van der Waals surface area contributed by atoms with Crippen molar-refractivity contribution < 1.29 is 107 Å². The maximum atomic E-state index is 14.5. The number of aliphatic hydroxyl groups is 2. The first-order valence-electron chi connectivity index (χ1n) is 50.7. The molecule has 1 aromatic rings. The molecule has 20 bridgehead atoms. The summed E-state index contributed by atoms with van der Waals surface area (Å²) < 4.78 is 60.4. The number of benzene rings is 1. The number of hydrogen-bond donors (Lipinski definition) is 3. The van der Waals surface area contributed by atoms with Crippen LogP contribution in [0.15, 0.2) is 24.3 Å². The van der Waals surface area contributed by atoms with E-state index in [4.69, 9.17) is 44.0 Å². The first-order valence-corrected chi connectivity index (χ1v) is 53.6. The van der Waals surface area contributed by atoms with E-state index in [1.54, 1.807) is 26.0 Å². The summed E-state index contributed by atoms with van der Waals surface area (Å²) in [5.41, 5.74) is -8.62. The van der Waals surface area contributed by atoms with Gasteiger partial charge in [-0.2, -0.15) is 0 Å². The topological polar surface area (TPSA) is 324 Å². The Labute approximate surface area is 784 Å². The van der Waals surface area contributed by atoms with Crippen LogP contribution in [0, 0.1) is 124 Å². The molecular formula is C106H163IO23. The Morgan fingerprint density at radius 1 is 0.431 bits per heavy atom. The number of aromatic hydroxyl groups is 1. The molecule has 2 heterocycles. The fourth-order valence-corrected chi connectivity index (χ4v) is 30.7. The molecule has 0 aromatic heterocycles. The van der Waals surface area contributed by atoms with Crippen molar-refractivity contribution in [3.63, 3.8) is 0 Å². The van der Waals surface area contributed by atoms with Crippen LogP contribution in [0.2, 0.25) is 0 Å². The molecule has 23 nitrogen and oxygen atoms in total. The number of carbonyl (C=O) groups excluding carboxylic acids is 10. The molecule has 1 aromatic carbocycles. The van der Waals surface area contributed by atoms with Gasteiger partial charge in [0.2, 0.25) is 0 Å². The molecule has 2 saturated heterocycles. The van der Waals surface area contributed by atoms with Crippen LogP contribution in [0.1, 0.15) is 389 Å². The molecule has 0 spiro atoms. The van der Waals surface area contributed by atoms with Crippen molar-refractivity contribution in [3.05, 3.63) is 27.8 Å².